The molecule has 0 saturated carbocycles. The summed E-state index contributed by atoms with van der Waals surface area (Å²) in [6, 6.07) is 16.6. The lowest BCUT2D eigenvalue weighted by atomic mass is 9.90. The highest BCUT2D eigenvalue weighted by Crippen LogP contribution is 2.40. The number of allylic oxidation sites excluding steroid dienone is 1. The van der Waals surface area contributed by atoms with Crippen molar-refractivity contribution in [3.8, 4) is 17.2 Å². The van der Waals surface area contributed by atoms with Gasteiger partial charge in [-0.05, 0) is 68.3 Å². The molecule has 9 heteroatoms. The number of amides is 1. The van der Waals surface area contributed by atoms with Crippen LogP contribution >= 0.6 is 11.3 Å². The van der Waals surface area contributed by atoms with Crippen LogP contribution in [0.5, 0.6) is 17.2 Å². The summed E-state index contributed by atoms with van der Waals surface area (Å²) in [4.78, 5) is 35.6. The van der Waals surface area contributed by atoms with E-state index < -0.39 is 6.04 Å². The van der Waals surface area contributed by atoms with Crippen molar-refractivity contribution < 1.29 is 19.0 Å². The number of methoxy groups -OCH3 is 1. The molecule has 0 bridgehead atoms. The third kappa shape index (κ3) is 5.67. The van der Waals surface area contributed by atoms with Crippen LogP contribution in [-0.2, 0) is 4.79 Å². The molecule has 1 aliphatic heterocycles. The van der Waals surface area contributed by atoms with Crippen LogP contribution in [0.15, 0.2) is 88.3 Å². The zero-order chi connectivity index (χ0) is 31.4. The highest BCUT2D eigenvalue weighted by Gasteiger charge is 2.36. The molecule has 0 radical (unpaired) electrons. The number of ether oxygens (including phenoxy) is 3. The first kappa shape index (κ1) is 30.8. The van der Waals surface area contributed by atoms with Gasteiger partial charge in [0.2, 0.25) is 0 Å². The number of hydrogen-bond donors (Lipinski definition) is 0. The zero-order valence-electron chi connectivity index (χ0n) is 25.8. The van der Waals surface area contributed by atoms with Gasteiger partial charge < -0.3 is 19.1 Å². The van der Waals surface area contributed by atoms with Crippen molar-refractivity contribution in [2.75, 3.05) is 33.4 Å². The molecule has 1 aromatic heterocycles. The van der Waals surface area contributed by atoms with Gasteiger partial charge in [-0.15, -0.1) is 0 Å². The van der Waals surface area contributed by atoms with Crippen molar-refractivity contribution in [1.82, 2.24) is 9.47 Å². The molecule has 0 aliphatic carbocycles. The number of thiazole rings is 1. The molecule has 0 saturated heterocycles. The van der Waals surface area contributed by atoms with E-state index in [2.05, 4.69) is 6.58 Å². The summed E-state index contributed by atoms with van der Waals surface area (Å²) in [7, 11) is 1.61. The molecule has 0 fully saturated rings. The molecule has 0 N–H and O–H groups in total. The average molecular weight is 612 g/mol. The van der Waals surface area contributed by atoms with Gasteiger partial charge in [0.25, 0.3) is 11.5 Å². The standard InChI is InChI=1S/C35H37N3O5S/c1-7-19-43-26-17-15-23(20-28(26)42-10-4)21-29-33(39)38-32(31-25-14-12-11-13-24(25)16-18-27(31)41-6)30(22(5)36-35(38)44-29)34(40)37(8-2)9-3/h7,11-18,20-21,32H,1,8-10,19H2,2-6H3/b29-21+/t32-/m1/s1. The molecule has 228 valence electrons. The van der Waals surface area contributed by atoms with Gasteiger partial charge >= 0.3 is 0 Å². The summed E-state index contributed by atoms with van der Waals surface area (Å²) in [5.41, 5.74) is 2.34. The Bertz CT molecular complexity index is 1930. The number of aromatic nitrogens is 1. The molecule has 5 rings (SSSR count). The highest BCUT2D eigenvalue weighted by atomic mass is 32.1. The third-order valence-electron chi connectivity index (χ3n) is 7.65. The smallest absolute Gasteiger partial charge is 0.271 e. The van der Waals surface area contributed by atoms with Gasteiger partial charge in [0.15, 0.2) is 16.3 Å². The molecular formula is C35H37N3O5S. The maximum absolute atomic E-state index is 14.4. The van der Waals surface area contributed by atoms with E-state index in [0.717, 1.165) is 21.9 Å². The van der Waals surface area contributed by atoms with Crippen molar-refractivity contribution >= 4 is 34.1 Å². The molecule has 44 heavy (non-hydrogen) atoms. The summed E-state index contributed by atoms with van der Waals surface area (Å²) in [6.45, 7) is 13.2. The molecular weight excluding hydrogens is 574 g/mol. The molecule has 0 unspecified atom stereocenters. The fraction of sp³-hybridized carbons (Fsp3) is 0.286. The molecule has 1 aliphatic rings. The van der Waals surface area contributed by atoms with Gasteiger partial charge in [-0.3, -0.25) is 14.2 Å². The van der Waals surface area contributed by atoms with Crippen LogP contribution in [0.3, 0.4) is 0 Å². The lowest BCUT2D eigenvalue weighted by molar-refractivity contribution is -0.127. The minimum Gasteiger partial charge on any atom is -0.496 e. The first-order valence-corrected chi connectivity index (χ1v) is 15.6. The Morgan fingerprint density at radius 2 is 1.80 bits per heavy atom. The predicted molar refractivity (Wildman–Crippen MR) is 175 cm³/mol. The topological polar surface area (TPSA) is 82.4 Å². The van der Waals surface area contributed by atoms with E-state index in [9.17, 15) is 9.59 Å². The van der Waals surface area contributed by atoms with Crippen molar-refractivity contribution in [1.29, 1.82) is 0 Å². The van der Waals surface area contributed by atoms with Gasteiger partial charge in [-0.1, -0.05) is 60.4 Å². The fourth-order valence-electron chi connectivity index (χ4n) is 5.59. The largest absolute Gasteiger partial charge is 0.496 e. The molecule has 2 heterocycles. The third-order valence-corrected chi connectivity index (χ3v) is 8.63. The van der Waals surface area contributed by atoms with Crippen molar-refractivity contribution in [3.05, 3.63) is 109 Å². The second-order valence-electron chi connectivity index (χ2n) is 10.2. The minimum absolute atomic E-state index is 0.151. The molecule has 1 atom stereocenters. The van der Waals surface area contributed by atoms with Gasteiger partial charge in [0.05, 0.1) is 29.5 Å². The second-order valence-corrected chi connectivity index (χ2v) is 11.2. The van der Waals surface area contributed by atoms with Crippen molar-refractivity contribution in [3.63, 3.8) is 0 Å². The van der Waals surface area contributed by atoms with E-state index >= 15 is 0 Å². The van der Waals surface area contributed by atoms with Crippen LogP contribution in [0.2, 0.25) is 0 Å². The van der Waals surface area contributed by atoms with Crippen molar-refractivity contribution in [2.24, 2.45) is 4.99 Å². The van der Waals surface area contributed by atoms with E-state index in [1.54, 1.807) is 22.7 Å². The summed E-state index contributed by atoms with van der Waals surface area (Å²) in [5.74, 6) is 1.63. The summed E-state index contributed by atoms with van der Waals surface area (Å²) >= 11 is 1.29. The Labute approximate surface area is 260 Å². The Balaban J connectivity index is 1.77. The normalized spacial score (nSPS) is 14.7. The van der Waals surface area contributed by atoms with Crippen molar-refractivity contribution in [2.45, 2.75) is 33.7 Å². The Hall–Kier alpha value is -4.63. The first-order valence-electron chi connectivity index (χ1n) is 14.7. The SMILES string of the molecule is C=CCOc1ccc(/C=c2/sc3n(c2=O)[C@@H](c2c(OC)ccc4ccccc24)C(C(=O)N(CC)CC)=C(C)N=3)cc1OCC. The predicted octanol–water partition coefficient (Wildman–Crippen LogP) is 5.23. The minimum atomic E-state index is -0.740. The quantitative estimate of drug-likeness (QED) is 0.217. The number of rotatable bonds is 11. The summed E-state index contributed by atoms with van der Waals surface area (Å²) in [5, 5.41) is 1.89. The first-order chi connectivity index (χ1) is 21.4. The maximum Gasteiger partial charge on any atom is 0.271 e. The van der Waals surface area contributed by atoms with E-state index in [1.807, 2.05) is 88.4 Å². The summed E-state index contributed by atoms with van der Waals surface area (Å²) < 4.78 is 19.6. The average Bonchev–Trinajstić information content (AvgIpc) is 3.33. The van der Waals surface area contributed by atoms with Crippen LogP contribution in [-0.4, -0.2) is 48.8 Å². The van der Waals surface area contributed by atoms with E-state index in [1.165, 1.54) is 11.3 Å². The lowest BCUT2D eigenvalue weighted by Gasteiger charge is -2.30. The van der Waals surface area contributed by atoms with Gasteiger partial charge in [-0.2, -0.15) is 0 Å². The number of nitrogens with zero attached hydrogens (tertiary/aromatic N) is 3. The zero-order valence-corrected chi connectivity index (χ0v) is 26.6. The van der Waals surface area contributed by atoms with Crippen LogP contribution in [0.1, 0.15) is 44.9 Å². The Morgan fingerprint density at radius 3 is 2.50 bits per heavy atom. The molecule has 4 aromatic rings. The van der Waals surface area contributed by atoms with Crippen LogP contribution in [0.4, 0.5) is 0 Å². The number of likely N-dealkylation sites (N-methyl/N-ethyl adjacent to an activating group) is 1. The van der Waals surface area contributed by atoms with Crippen LogP contribution in [0, 0.1) is 0 Å². The Morgan fingerprint density at radius 1 is 1.05 bits per heavy atom. The molecule has 1 amide bonds. The van der Waals surface area contributed by atoms with Gasteiger partial charge in [0.1, 0.15) is 18.4 Å². The number of fused-ring (bicyclic) bond motifs is 2. The summed E-state index contributed by atoms with van der Waals surface area (Å²) in [6.07, 6.45) is 3.50. The lowest BCUT2D eigenvalue weighted by Crippen LogP contribution is -2.43. The Kier molecular flexibility index (Phi) is 9.35. The number of benzene rings is 3. The number of carbonyl (C=O) groups excluding carboxylic acids is 1. The molecule has 0 spiro atoms. The van der Waals surface area contributed by atoms with Crippen LogP contribution in [0.25, 0.3) is 16.8 Å². The number of hydrogen-bond acceptors (Lipinski definition) is 7. The molecule has 3 aromatic carbocycles. The number of carbonyl (C=O) groups is 1. The van der Waals surface area contributed by atoms with E-state index in [-0.39, 0.29) is 11.5 Å². The van der Waals surface area contributed by atoms with Crippen LogP contribution < -0.4 is 29.1 Å². The maximum atomic E-state index is 14.4. The highest BCUT2D eigenvalue weighted by molar-refractivity contribution is 7.07. The second kappa shape index (κ2) is 13.3. The van der Waals surface area contributed by atoms with E-state index in [0.29, 0.717) is 64.2 Å². The van der Waals surface area contributed by atoms with E-state index in [4.69, 9.17) is 19.2 Å². The van der Waals surface area contributed by atoms with Gasteiger partial charge in [0, 0.05) is 18.7 Å². The fourth-order valence-corrected chi connectivity index (χ4v) is 6.63. The monoisotopic (exact) mass is 611 g/mol. The van der Waals surface area contributed by atoms with Gasteiger partial charge in [-0.25, -0.2) is 4.99 Å². The molecule has 8 nitrogen and oxygen atoms in total.